The van der Waals surface area contributed by atoms with Crippen molar-refractivity contribution in [3.63, 3.8) is 0 Å². The van der Waals surface area contributed by atoms with Crippen molar-refractivity contribution in [3.8, 4) is 0 Å². The van der Waals surface area contributed by atoms with E-state index in [9.17, 15) is 23.3 Å². The van der Waals surface area contributed by atoms with E-state index in [0.717, 1.165) is 15.4 Å². The number of nitrogens with zero attached hydrogens (tertiary/aromatic N) is 3. The molecule has 0 atom stereocenters. The zero-order chi connectivity index (χ0) is 21.5. The lowest BCUT2D eigenvalue weighted by Crippen LogP contribution is -2.50. The van der Waals surface area contributed by atoms with Gasteiger partial charge in [0.2, 0.25) is 10.0 Å². The van der Waals surface area contributed by atoms with Crippen molar-refractivity contribution >= 4 is 48.5 Å². The third-order valence-corrected chi connectivity index (χ3v) is 7.46. The molecule has 2 aromatic carbocycles. The first-order valence-electron chi connectivity index (χ1n) is 9.08. The molecule has 1 aliphatic heterocycles. The van der Waals surface area contributed by atoms with Gasteiger partial charge < -0.3 is 9.88 Å². The van der Waals surface area contributed by atoms with Crippen LogP contribution >= 0.6 is 15.9 Å². The zero-order valence-electron chi connectivity index (χ0n) is 15.6. The number of hydrogen-bond acceptors (Lipinski definition) is 5. The molecule has 0 bridgehead atoms. The van der Waals surface area contributed by atoms with Gasteiger partial charge in [0, 0.05) is 47.6 Å². The normalized spacial score (nSPS) is 15.4. The highest BCUT2D eigenvalue weighted by Crippen LogP contribution is 2.27. The number of piperazine rings is 1. The molecule has 30 heavy (non-hydrogen) atoms. The number of carbonyl (C=O) groups is 1. The first-order valence-corrected chi connectivity index (χ1v) is 11.3. The summed E-state index contributed by atoms with van der Waals surface area (Å²) in [6.45, 7) is 0.507. The fraction of sp³-hybridized carbons (Fsp3) is 0.211. The molecule has 0 aliphatic carbocycles. The number of aromatic nitrogens is 1. The predicted octanol–water partition coefficient (Wildman–Crippen LogP) is 2.99. The number of halogens is 1. The van der Waals surface area contributed by atoms with Gasteiger partial charge >= 0.3 is 0 Å². The molecule has 0 saturated carbocycles. The summed E-state index contributed by atoms with van der Waals surface area (Å²) in [7, 11) is -4.04. The average molecular weight is 493 g/mol. The van der Waals surface area contributed by atoms with Crippen LogP contribution in [-0.4, -0.2) is 59.6 Å². The van der Waals surface area contributed by atoms with Crippen LogP contribution in [0.3, 0.4) is 0 Å². The molecule has 1 N–H and O–H groups in total. The second-order valence-corrected chi connectivity index (χ2v) is 9.66. The van der Waals surface area contributed by atoms with Gasteiger partial charge in [-0.15, -0.1) is 0 Å². The number of H-pyrrole nitrogens is 1. The Bertz CT molecular complexity index is 1250. The van der Waals surface area contributed by atoms with Gasteiger partial charge in [-0.05, 0) is 24.3 Å². The Hall–Kier alpha value is -2.76. The lowest BCUT2D eigenvalue weighted by Gasteiger charge is -2.33. The minimum absolute atomic E-state index is 0.0614. The summed E-state index contributed by atoms with van der Waals surface area (Å²) in [5.41, 5.74) is 0.795. The van der Waals surface area contributed by atoms with Crippen molar-refractivity contribution in [2.45, 2.75) is 4.90 Å². The number of benzene rings is 2. The number of sulfonamides is 1. The van der Waals surface area contributed by atoms with Gasteiger partial charge in [0.15, 0.2) is 4.90 Å². The monoisotopic (exact) mass is 492 g/mol. The summed E-state index contributed by atoms with van der Waals surface area (Å²) in [6, 6.07) is 12.7. The maximum atomic E-state index is 12.9. The molecule has 1 aliphatic rings. The van der Waals surface area contributed by atoms with E-state index in [1.807, 2.05) is 18.2 Å². The molecule has 3 aromatic rings. The molecule has 2 heterocycles. The van der Waals surface area contributed by atoms with Crippen LogP contribution in [0.4, 0.5) is 5.69 Å². The number of nitro groups is 1. The van der Waals surface area contributed by atoms with E-state index in [-0.39, 0.29) is 37.0 Å². The molecular weight excluding hydrogens is 476 g/mol. The number of para-hydroxylation sites is 1. The Morgan fingerprint density at radius 2 is 1.77 bits per heavy atom. The van der Waals surface area contributed by atoms with Gasteiger partial charge in [-0.1, -0.05) is 34.1 Å². The molecule has 9 nitrogen and oxygen atoms in total. The van der Waals surface area contributed by atoms with E-state index in [1.165, 1.54) is 28.6 Å². The lowest BCUT2D eigenvalue weighted by molar-refractivity contribution is -0.387. The Morgan fingerprint density at radius 1 is 1.07 bits per heavy atom. The number of carbonyl (C=O) groups excluding carboxylic acids is 1. The van der Waals surface area contributed by atoms with Crippen molar-refractivity contribution in [1.29, 1.82) is 0 Å². The van der Waals surface area contributed by atoms with Crippen LogP contribution in [-0.2, 0) is 10.0 Å². The van der Waals surface area contributed by atoms with E-state index in [4.69, 9.17) is 0 Å². The van der Waals surface area contributed by atoms with Crippen LogP contribution in [0.25, 0.3) is 10.9 Å². The third-order valence-electron chi connectivity index (χ3n) is 5.02. The Kier molecular flexibility index (Phi) is 5.35. The van der Waals surface area contributed by atoms with Gasteiger partial charge in [0.1, 0.15) is 5.69 Å². The van der Waals surface area contributed by atoms with Crippen molar-refractivity contribution < 1.29 is 18.1 Å². The average Bonchev–Trinajstić information content (AvgIpc) is 3.16. The van der Waals surface area contributed by atoms with E-state index < -0.39 is 20.6 Å². The molecule has 156 valence electrons. The second-order valence-electron chi connectivity index (χ2n) is 6.84. The van der Waals surface area contributed by atoms with Gasteiger partial charge in [-0.3, -0.25) is 14.9 Å². The Balaban J connectivity index is 1.50. The molecule has 1 aromatic heterocycles. The molecule has 1 amide bonds. The highest BCUT2D eigenvalue weighted by Gasteiger charge is 2.34. The fourth-order valence-electron chi connectivity index (χ4n) is 3.48. The summed E-state index contributed by atoms with van der Waals surface area (Å²) in [4.78, 5) is 27.7. The minimum Gasteiger partial charge on any atom is -0.350 e. The lowest BCUT2D eigenvalue weighted by atomic mass is 10.2. The molecule has 0 spiro atoms. The van der Waals surface area contributed by atoms with Crippen LogP contribution in [0, 0.1) is 10.1 Å². The summed E-state index contributed by atoms with van der Waals surface area (Å²) in [5, 5.41) is 12.1. The first-order chi connectivity index (χ1) is 14.3. The smallest absolute Gasteiger partial charge is 0.289 e. The number of aromatic amines is 1. The number of hydrogen-bond donors (Lipinski definition) is 1. The SMILES string of the molecule is O=C(c1cc2ccc(Br)cc2[nH]1)N1CCN(S(=O)(=O)c2ccccc2[N+](=O)[O-])CC1. The van der Waals surface area contributed by atoms with Crippen molar-refractivity contribution in [1.82, 2.24) is 14.2 Å². The number of fused-ring (bicyclic) bond motifs is 1. The fourth-order valence-corrected chi connectivity index (χ4v) is 5.42. The second kappa shape index (κ2) is 7.82. The number of nitrogens with one attached hydrogen (secondary N) is 1. The quantitative estimate of drug-likeness (QED) is 0.443. The molecule has 1 saturated heterocycles. The highest BCUT2D eigenvalue weighted by molar-refractivity contribution is 9.10. The molecule has 1 fully saturated rings. The van der Waals surface area contributed by atoms with Crippen molar-refractivity contribution in [2.24, 2.45) is 0 Å². The van der Waals surface area contributed by atoms with Crippen molar-refractivity contribution in [2.75, 3.05) is 26.2 Å². The molecule has 4 rings (SSSR count). The van der Waals surface area contributed by atoms with Crippen LogP contribution in [0.5, 0.6) is 0 Å². The summed E-state index contributed by atoms with van der Waals surface area (Å²) in [6.07, 6.45) is 0. The van der Waals surface area contributed by atoms with E-state index in [2.05, 4.69) is 20.9 Å². The van der Waals surface area contributed by atoms with Gasteiger partial charge in [-0.25, -0.2) is 8.42 Å². The van der Waals surface area contributed by atoms with Crippen LogP contribution < -0.4 is 0 Å². The summed E-state index contributed by atoms with van der Waals surface area (Å²) < 4.78 is 27.9. The van der Waals surface area contributed by atoms with Gasteiger partial charge in [0.05, 0.1) is 4.92 Å². The van der Waals surface area contributed by atoms with Crippen LogP contribution in [0.15, 0.2) is 57.9 Å². The molecule has 0 unspecified atom stereocenters. The summed E-state index contributed by atoms with van der Waals surface area (Å²) >= 11 is 3.39. The standard InChI is InChI=1S/C19H17BrN4O5S/c20-14-6-5-13-11-16(21-15(13)12-14)19(25)22-7-9-23(10-8-22)30(28,29)18-4-2-1-3-17(18)24(26)27/h1-6,11-12,21H,7-10H2. The van der Waals surface area contributed by atoms with Gasteiger partial charge in [0.25, 0.3) is 11.6 Å². The van der Waals surface area contributed by atoms with Crippen LogP contribution in [0.1, 0.15) is 10.5 Å². The van der Waals surface area contributed by atoms with Crippen molar-refractivity contribution in [3.05, 3.63) is 68.8 Å². The Labute approximate surface area is 180 Å². The van der Waals surface area contributed by atoms with E-state index in [0.29, 0.717) is 5.69 Å². The number of nitro benzene ring substituents is 1. The maximum absolute atomic E-state index is 12.9. The third kappa shape index (κ3) is 3.71. The molecule has 11 heteroatoms. The number of rotatable bonds is 4. The van der Waals surface area contributed by atoms with Gasteiger partial charge in [-0.2, -0.15) is 4.31 Å². The first kappa shape index (κ1) is 20.5. The maximum Gasteiger partial charge on any atom is 0.289 e. The zero-order valence-corrected chi connectivity index (χ0v) is 18.0. The Morgan fingerprint density at radius 3 is 2.47 bits per heavy atom. The topological polar surface area (TPSA) is 117 Å². The largest absolute Gasteiger partial charge is 0.350 e. The van der Waals surface area contributed by atoms with E-state index in [1.54, 1.807) is 11.0 Å². The highest BCUT2D eigenvalue weighted by atomic mass is 79.9. The molecule has 0 radical (unpaired) electrons. The predicted molar refractivity (Wildman–Crippen MR) is 114 cm³/mol. The number of amides is 1. The van der Waals surface area contributed by atoms with E-state index >= 15 is 0 Å². The minimum atomic E-state index is -4.04. The summed E-state index contributed by atoms with van der Waals surface area (Å²) in [5.74, 6) is -0.218. The van der Waals surface area contributed by atoms with Crippen LogP contribution in [0.2, 0.25) is 0 Å². The molecular formula is C19H17BrN4O5S.